The molecule has 1 amide bonds. The molecule has 0 spiro atoms. The molecule has 0 heterocycles. The van der Waals surface area contributed by atoms with E-state index >= 15 is 0 Å². The van der Waals surface area contributed by atoms with Crippen molar-refractivity contribution in [2.24, 2.45) is 0 Å². The summed E-state index contributed by atoms with van der Waals surface area (Å²) in [5, 5.41) is 2.69. The van der Waals surface area contributed by atoms with Crippen molar-refractivity contribution in [3.8, 4) is 0 Å². The summed E-state index contributed by atoms with van der Waals surface area (Å²) < 4.78 is 31.0. The van der Waals surface area contributed by atoms with E-state index in [0.29, 0.717) is 12.8 Å². The first-order valence-electron chi connectivity index (χ1n) is 6.40. The van der Waals surface area contributed by atoms with Gasteiger partial charge in [-0.3, -0.25) is 0 Å². The number of ether oxygens (including phenoxy) is 1. The Bertz CT molecular complexity index is 268. The molecule has 0 aromatic carbocycles. The van der Waals surface area contributed by atoms with Crippen LogP contribution in [0.5, 0.6) is 0 Å². The fraction of sp³-hybridized carbons (Fsp3) is 0.917. The zero-order chi connectivity index (χ0) is 12.3. The van der Waals surface area contributed by atoms with Crippen LogP contribution < -0.4 is 5.32 Å². The van der Waals surface area contributed by atoms with Crippen molar-refractivity contribution >= 4 is 6.09 Å². The Morgan fingerprint density at radius 3 is 2.29 bits per heavy atom. The standard InChI is InChI=1S/C12H19F2NO2/c13-12(14)7-5-9(6-8-12)15-11(16)17-10-3-1-2-4-10/h9-10H,1-8H2,(H,15,16). The first-order valence-corrected chi connectivity index (χ1v) is 6.40. The summed E-state index contributed by atoms with van der Waals surface area (Å²) in [7, 11) is 0. The highest BCUT2D eigenvalue weighted by atomic mass is 19.3. The number of nitrogens with one attached hydrogen (secondary N) is 1. The molecule has 3 nitrogen and oxygen atoms in total. The molecular formula is C12H19F2NO2. The van der Waals surface area contributed by atoms with Crippen LogP contribution in [0.15, 0.2) is 0 Å². The molecule has 1 N–H and O–H groups in total. The van der Waals surface area contributed by atoms with Gasteiger partial charge in [-0.15, -0.1) is 0 Å². The normalized spacial score (nSPS) is 25.8. The molecule has 0 aliphatic heterocycles. The molecule has 0 atom stereocenters. The predicted octanol–water partition coefficient (Wildman–Crippen LogP) is 3.23. The number of hydrogen-bond donors (Lipinski definition) is 1. The van der Waals surface area contributed by atoms with Crippen molar-refractivity contribution in [1.29, 1.82) is 0 Å². The minimum Gasteiger partial charge on any atom is -0.446 e. The summed E-state index contributed by atoms with van der Waals surface area (Å²) in [6.45, 7) is 0. The van der Waals surface area contributed by atoms with Gasteiger partial charge in [0.2, 0.25) is 5.92 Å². The Balaban J connectivity index is 1.68. The van der Waals surface area contributed by atoms with Crippen molar-refractivity contribution in [1.82, 2.24) is 5.32 Å². The molecule has 0 radical (unpaired) electrons. The van der Waals surface area contributed by atoms with Gasteiger partial charge in [0.25, 0.3) is 0 Å². The SMILES string of the molecule is O=C(NC1CCC(F)(F)CC1)OC1CCCC1. The van der Waals surface area contributed by atoms with E-state index in [2.05, 4.69) is 5.32 Å². The fourth-order valence-electron chi connectivity index (χ4n) is 2.54. The third kappa shape index (κ3) is 3.82. The number of alkyl carbamates (subject to hydrolysis) is 1. The molecule has 0 aromatic rings. The fourth-order valence-corrected chi connectivity index (χ4v) is 2.54. The van der Waals surface area contributed by atoms with Gasteiger partial charge in [-0.25, -0.2) is 13.6 Å². The Morgan fingerprint density at radius 1 is 1.12 bits per heavy atom. The number of rotatable bonds is 2. The average molecular weight is 247 g/mol. The molecule has 5 heteroatoms. The van der Waals surface area contributed by atoms with Gasteiger partial charge in [0.05, 0.1) is 0 Å². The van der Waals surface area contributed by atoms with Crippen molar-refractivity contribution in [3.63, 3.8) is 0 Å². The van der Waals surface area contributed by atoms with Gasteiger partial charge in [0.1, 0.15) is 6.10 Å². The van der Waals surface area contributed by atoms with Crippen LogP contribution in [-0.4, -0.2) is 24.2 Å². The summed E-state index contributed by atoms with van der Waals surface area (Å²) in [4.78, 5) is 11.5. The van der Waals surface area contributed by atoms with Gasteiger partial charge in [0.15, 0.2) is 0 Å². The lowest BCUT2D eigenvalue weighted by Crippen LogP contribution is -2.41. The lowest BCUT2D eigenvalue weighted by molar-refractivity contribution is -0.0406. The molecule has 2 aliphatic carbocycles. The minimum absolute atomic E-state index is 0.0278. The lowest BCUT2D eigenvalue weighted by atomic mass is 9.92. The van der Waals surface area contributed by atoms with E-state index in [4.69, 9.17) is 4.74 Å². The summed E-state index contributed by atoms with van der Waals surface area (Å²) in [5.41, 5.74) is 0. The number of carbonyl (C=O) groups excluding carboxylic acids is 1. The van der Waals surface area contributed by atoms with Gasteiger partial charge < -0.3 is 10.1 Å². The smallest absolute Gasteiger partial charge is 0.407 e. The molecule has 17 heavy (non-hydrogen) atoms. The van der Waals surface area contributed by atoms with E-state index in [1.807, 2.05) is 0 Å². The average Bonchev–Trinajstić information content (AvgIpc) is 2.74. The van der Waals surface area contributed by atoms with E-state index in [1.165, 1.54) is 0 Å². The highest BCUT2D eigenvalue weighted by molar-refractivity contribution is 5.67. The number of halogens is 2. The van der Waals surface area contributed by atoms with E-state index in [9.17, 15) is 13.6 Å². The molecule has 2 aliphatic rings. The number of carbonyl (C=O) groups is 1. The number of amides is 1. The maximum absolute atomic E-state index is 12.9. The molecule has 2 rings (SSSR count). The summed E-state index contributed by atoms with van der Waals surface area (Å²) in [6, 6.07) is -0.150. The van der Waals surface area contributed by atoms with E-state index in [1.54, 1.807) is 0 Å². The lowest BCUT2D eigenvalue weighted by Gasteiger charge is -2.28. The molecule has 2 saturated carbocycles. The van der Waals surface area contributed by atoms with E-state index < -0.39 is 12.0 Å². The van der Waals surface area contributed by atoms with Crippen molar-refractivity contribution < 1.29 is 18.3 Å². The van der Waals surface area contributed by atoms with Gasteiger partial charge in [0, 0.05) is 18.9 Å². The zero-order valence-corrected chi connectivity index (χ0v) is 9.88. The third-order valence-electron chi connectivity index (χ3n) is 3.61. The largest absolute Gasteiger partial charge is 0.446 e. The Morgan fingerprint density at radius 2 is 1.71 bits per heavy atom. The van der Waals surface area contributed by atoms with Crippen LogP contribution >= 0.6 is 0 Å². The van der Waals surface area contributed by atoms with Crippen LogP contribution in [0.25, 0.3) is 0 Å². The van der Waals surface area contributed by atoms with Gasteiger partial charge in [-0.05, 0) is 38.5 Å². The molecule has 0 unspecified atom stereocenters. The second kappa shape index (κ2) is 5.19. The monoisotopic (exact) mass is 247 g/mol. The number of hydrogen-bond acceptors (Lipinski definition) is 2. The quantitative estimate of drug-likeness (QED) is 0.813. The number of alkyl halides is 2. The van der Waals surface area contributed by atoms with Crippen molar-refractivity contribution in [3.05, 3.63) is 0 Å². The predicted molar refractivity (Wildman–Crippen MR) is 59.1 cm³/mol. The highest BCUT2D eigenvalue weighted by Crippen LogP contribution is 2.33. The molecule has 2 fully saturated rings. The van der Waals surface area contributed by atoms with Crippen molar-refractivity contribution in [2.45, 2.75) is 69.4 Å². The minimum atomic E-state index is -2.55. The highest BCUT2D eigenvalue weighted by Gasteiger charge is 2.35. The van der Waals surface area contributed by atoms with Crippen LogP contribution in [0.1, 0.15) is 51.4 Å². The van der Waals surface area contributed by atoms with Crippen LogP contribution in [-0.2, 0) is 4.74 Å². The summed E-state index contributed by atoms with van der Waals surface area (Å²) in [6.07, 6.45) is 4.06. The van der Waals surface area contributed by atoms with E-state index in [0.717, 1.165) is 25.7 Å². The molecule has 0 aromatic heterocycles. The molecule has 0 saturated heterocycles. The maximum Gasteiger partial charge on any atom is 0.407 e. The summed E-state index contributed by atoms with van der Waals surface area (Å²) >= 11 is 0. The second-order valence-corrected chi connectivity index (χ2v) is 5.09. The zero-order valence-electron chi connectivity index (χ0n) is 9.88. The first-order chi connectivity index (χ1) is 8.05. The summed E-state index contributed by atoms with van der Waals surface area (Å²) in [5.74, 6) is -2.55. The van der Waals surface area contributed by atoms with Crippen LogP contribution in [0.4, 0.5) is 13.6 Å². The molecule has 98 valence electrons. The topological polar surface area (TPSA) is 38.3 Å². The first kappa shape index (κ1) is 12.6. The van der Waals surface area contributed by atoms with E-state index in [-0.39, 0.29) is 25.0 Å². The third-order valence-corrected chi connectivity index (χ3v) is 3.61. The van der Waals surface area contributed by atoms with Crippen LogP contribution in [0.2, 0.25) is 0 Å². The maximum atomic E-state index is 12.9. The molecule has 0 bridgehead atoms. The van der Waals surface area contributed by atoms with Crippen LogP contribution in [0, 0.1) is 0 Å². The van der Waals surface area contributed by atoms with Crippen LogP contribution in [0.3, 0.4) is 0 Å². The van der Waals surface area contributed by atoms with Gasteiger partial charge in [-0.1, -0.05) is 0 Å². The Kier molecular flexibility index (Phi) is 3.84. The van der Waals surface area contributed by atoms with Crippen molar-refractivity contribution in [2.75, 3.05) is 0 Å². The Labute approximate surface area is 99.9 Å². The Hall–Kier alpha value is -0.870. The molecular weight excluding hydrogens is 228 g/mol. The second-order valence-electron chi connectivity index (χ2n) is 5.09. The van der Waals surface area contributed by atoms with Gasteiger partial charge >= 0.3 is 6.09 Å². The van der Waals surface area contributed by atoms with Gasteiger partial charge in [-0.2, -0.15) is 0 Å².